The van der Waals surface area contributed by atoms with E-state index in [0.29, 0.717) is 29.1 Å². The molecule has 2 unspecified atom stereocenters. The first-order valence-electron chi connectivity index (χ1n) is 13.5. The zero-order valence-corrected chi connectivity index (χ0v) is 20.9. The van der Waals surface area contributed by atoms with Gasteiger partial charge in [0.05, 0.1) is 11.4 Å². The third kappa shape index (κ3) is 4.46. The highest BCUT2D eigenvalue weighted by atomic mass is 19.2. The first-order chi connectivity index (χ1) is 18.5. The lowest BCUT2D eigenvalue weighted by atomic mass is 9.87. The van der Waals surface area contributed by atoms with Gasteiger partial charge in [0.15, 0.2) is 23.6 Å². The summed E-state index contributed by atoms with van der Waals surface area (Å²) in [6, 6.07) is 3.45. The maximum Gasteiger partial charge on any atom is 0.224 e. The Balaban J connectivity index is 1.32. The standard InChI is InChI=1S/C27H29F3N8/c28-18-12-19(29)26(36-24(18)30)34-20-11-16(5-6-32-20)25-35-23-21(27(37-25)38-9-7-31-8-10-38)17(14-1-2-14)13-33-22(23)15-3-4-15/h5-6,11,14-15,17,19,31H,1-4,7-10,12-13H2,(H,32,34,36). The number of allylic oxidation sites excluding steroid dienone is 1. The fraction of sp³-hybridized carbons (Fsp3) is 0.519. The summed E-state index contributed by atoms with van der Waals surface area (Å²) in [7, 11) is 0. The molecule has 0 aromatic carbocycles. The van der Waals surface area contributed by atoms with E-state index in [9.17, 15) is 13.2 Å². The molecule has 8 nitrogen and oxygen atoms in total. The van der Waals surface area contributed by atoms with Gasteiger partial charge in [0, 0.05) is 68.3 Å². The molecule has 2 atom stereocenters. The van der Waals surface area contributed by atoms with Crippen LogP contribution < -0.4 is 15.5 Å². The molecule has 1 saturated heterocycles. The van der Waals surface area contributed by atoms with Gasteiger partial charge in [-0.05, 0) is 43.7 Å². The van der Waals surface area contributed by atoms with Gasteiger partial charge in [0.1, 0.15) is 11.7 Å². The van der Waals surface area contributed by atoms with Crippen LogP contribution in [0, 0.1) is 11.8 Å². The second kappa shape index (κ2) is 9.44. The van der Waals surface area contributed by atoms with Gasteiger partial charge in [-0.1, -0.05) is 0 Å². The first kappa shape index (κ1) is 23.8. The fourth-order valence-corrected chi connectivity index (χ4v) is 5.61. The van der Waals surface area contributed by atoms with Gasteiger partial charge in [-0.25, -0.2) is 28.7 Å². The van der Waals surface area contributed by atoms with Crippen molar-refractivity contribution >= 4 is 23.2 Å². The number of hydrogen-bond acceptors (Lipinski definition) is 7. The van der Waals surface area contributed by atoms with Crippen molar-refractivity contribution in [2.75, 3.05) is 37.6 Å². The van der Waals surface area contributed by atoms with E-state index in [4.69, 9.17) is 15.0 Å². The molecule has 2 saturated carbocycles. The summed E-state index contributed by atoms with van der Waals surface area (Å²) in [6.07, 6.45) is 3.79. The van der Waals surface area contributed by atoms with Crippen molar-refractivity contribution in [1.82, 2.24) is 25.6 Å². The summed E-state index contributed by atoms with van der Waals surface area (Å²) in [5, 5.41) is 5.50. The van der Waals surface area contributed by atoms with Gasteiger partial charge in [-0.2, -0.15) is 4.39 Å². The van der Waals surface area contributed by atoms with E-state index in [-0.39, 0.29) is 11.7 Å². The van der Waals surface area contributed by atoms with E-state index >= 15 is 0 Å². The van der Waals surface area contributed by atoms with Crippen molar-refractivity contribution in [3.63, 3.8) is 0 Å². The first-order valence-corrected chi connectivity index (χ1v) is 13.5. The van der Waals surface area contributed by atoms with Crippen LogP contribution in [0.3, 0.4) is 0 Å². The highest BCUT2D eigenvalue weighted by Crippen LogP contribution is 2.49. The number of nitrogens with zero attached hydrogens (tertiary/aromatic N) is 6. The Morgan fingerprint density at radius 2 is 1.87 bits per heavy atom. The number of rotatable bonds is 5. The molecule has 0 radical (unpaired) electrons. The summed E-state index contributed by atoms with van der Waals surface area (Å²) >= 11 is 0. The van der Waals surface area contributed by atoms with Crippen LogP contribution in [0.25, 0.3) is 11.4 Å². The number of aromatic nitrogens is 3. The molecular weight excluding hydrogens is 493 g/mol. The molecule has 38 heavy (non-hydrogen) atoms. The van der Waals surface area contributed by atoms with Crippen LogP contribution in [-0.2, 0) is 0 Å². The number of anilines is 1. The molecule has 2 aliphatic carbocycles. The maximum absolute atomic E-state index is 14.3. The third-order valence-electron chi connectivity index (χ3n) is 7.94. The largest absolute Gasteiger partial charge is 0.354 e. The monoisotopic (exact) mass is 522 g/mol. The quantitative estimate of drug-likeness (QED) is 0.574. The number of aliphatic imine (C=N–C) groups is 2. The normalized spacial score (nSPS) is 26.8. The number of piperazine rings is 1. The summed E-state index contributed by atoms with van der Waals surface area (Å²) < 4.78 is 41.5. The lowest BCUT2D eigenvalue weighted by Crippen LogP contribution is -2.45. The zero-order valence-electron chi connectivity index (χ0n) is 20.9. The van der Waals surface area contributed by atoms with Crippen LogP contribution in [0.15, 0.2) is 40.1 Å². The molecule has 0 amide bonds. The Hall–Kier alpha value is -3.34. The molecule has 0 spiro atoms. The van der Waals surface area contributed by atoms with Gasteiger partial charge in [-0.3, -0.25) is 4.99 Å². The van der Waals surface area contributed by atoms with E-state index < -0.39 is 24.4 Å². The summed E-state index contributed by atoms with van der Waals surface area (Å²) in [4.78, 5) is 26.0. The second-order valence-corrected chi connectivity index (χ2v) is 10.7. The molecule has 198 valence electrons. The second-order valence-electron chi connectivity index (χ2n) is 10.7. The van der Waals surface area contributed by atoms with Crippen LogP contribution in [0.1, 0.15) is 49.3 Å². The van der Waals surface area contributed by atoms with Gasteiger partial charge in [0.25, 0.3) is 0 Å². The topological polar surface area (TPSA) is 90.7 Å². The minimum absolute atomic E-state index is 0.166. The highest BCUT2D eigenvalue weighted by Gasteiger charge is 2.43. The van der Waals surface area contributed by atoms with Crippen molar-refractivity contribution in [3.8, 4) is 11.4 Å². The molecular formula is C27H29F3N8. The molecule has 2 aromatic heterocycles. The van der Waals surface area contributed by atoms with Gasteiger partial charge in [-0.15, -0.1) is 0 Å². The molecule has 5 heterocycles. The average Bonchev–Trinajstić information content (AvgIpc) is 3.85. The van der Waals surface area contributed by atoms with Crippen LogP contribution in [0.4, 0.5) is 24.8 Å². The molecule has 3 aliphatic heterocycles. The summed E-state index contributed by atoms with van der Waals surface area (Å²) in [6.45, 7) is 4.33. The minimum Gasteiger partial charge on any atom is -0.354 e. The highest BCUT2D eigenvalue weighted by molar-refractivity contribution is 6.05. The fourth-order valence-electron chi connectivity index (χ4n) is 5.61. The number of fused-ring (bicyclic) bond motifs is 1. The van der Waals surface area contributed by atoms with Crippen molar-refractivity contribution in [2.45, 2.75) is 44.2 Å². The van der Waals surface area contributed by atoms with Crippen LogP contribution >= 0.6 is 0 Å². The van der Waals surface area contributed by atoms with Crippen molar-refractivity contribution in [2.24, 2.45) is 21.8 Å². The van der Waals surface area contributed by atoms with E-state index in [1.807, 2.05) is 0 Å². The third-order valence-corrected chi connectivity index (χ3v) is 7.94. The van der Waals surface area contributed by atoms with Gasteiger partial charge < -0.3 is 15.5 Å². The predicted octanol–water partition coefficient (Wildman–Crippen LogP) is 4.12. The number of halogens is 3. The molecule has 3 fully saturated rings. The minimum atomic E-state index is -1.78. The van der Waals surface area contributed by atoms with Crippen LogP contribution in [0.2, 0.25) is 0 Å². The number of pyridine rings is 1. The smallest absolute Gasteiger partial charge is 0.224 e. The maximum atomic E-state index is 14.3. The molecule has 7 rings (SSSR count). The lowest BCUT2D eigenvalue weighted by molar-refractivity contribution is 0.353. The summed E-state index contributed by atoms with van der Waals surface area (Å²) in [5.74, 6) is 0.439. The summed E-state index contributed by atoms with van der Waals surface area (Å²) in [5.41, 5.74) is 4.00. The van der Waals surface area contributed by atoms with E-state index in [0.717, 1.165) is 62.8 Å². The molecule has 2 N–H and O–H groups in total. The van der Waals surface area contributed by atoms with Crippen molar-refractivity contribution in [1.29, 1.82) is 0 Å². The Labute approximate surface area is 218 Å². The average molecular weight is 523 g/mol. The molecule has 5 aliphatic rings. The molecule has 0 bridgehead atoms. The van der Waals surface area contributed by atoms with E-state index in [2.05, 4.69) is 25.5 Å². The number of nitrogens with one attached hydrogen (secondary N) is 2. The number of hydrogen-bond donors (Lipinski definition) is 2. The Bertz CT molecular complexity index is 1360. The van der Waals surface area contributed by atoms with Crippen LogP contribution in [0.5, 0.6) is 0 Å². The van der Waals surface area contributed by atoms with Crippen molar-refractivity contribution < 1.29 is 13.2 Å². The molecule has 11 heteroatoms. The number of alkyl halides is 1. The Morgan fingerprint density at radius 3 is 2.63 bits per heavy atom. The van der Waals surface area contributed by atoms with Crippen molar-refractivity contribution in [3.05, 3.63) is 41.4 Å². The Morgan fingerprint density at radius 1 is 1.05 bits per heavy atom. The SMILES string of the molecule is FC1=C(F)NC(=Nc2cc(-c3nc4c(c(N5CCNCC5)n3)C(C3CC3)CN=C4C3CC3)ccn2)C(F)C1. The lowest BCUT2D eigenvalue weighted by Gasteiger charge is -2.34. The van der Waals surface area contributed by atoms with Gasteiger partial charge in [0.2, 0.25) is 5.95 Å². The Kier molecular flexibility index (Phi) is 5.90. The van der Waals surface area contributed by atoms with Crippen LogP contribution in [-0.4, -0.2) is 65.4 Å². The predicted molar refractivity (Wildman–Crippen MR) is 139 cm³/mol. The zero-order chi connectivity index (χ0) is 25.8. The van der Waals surface area contributed by atoms with Gasteiger partial charge >= 0.3 is 0 Å². The molecule has 2 aromatic rings. The van der Waals surface area contributed by atoms with E-state index in [1.165, 1.54) is 18.4 Å². The van der Waals surface area contributed by atoms with E-state index in [1.54, 1.807) is 18.3 Å². The number of amidine groups is 1.